The van der Waals surface area contributed by atoms with Crippen molar-refractivity contribution < 1.29 is 18.7 Å². The van der Waals surface area contributed by atoms with Gasteiger partial charge in [0.15, 0.2) is 11.4 Å². The van der Waals surface area contributed by atoms with Gasteiger partial charge in [0.05, 0.1) is 24.5 Å². The summed E-state index contributed by atoms with van der Waals surface area (Å²) in [6.07, 6.45) is 3.18. The van der Waals surface area contributed by atoms with Gasteiger partial charge in [-0.2, -0.15) is 0 Å². The summed E-state index contributed by atoms with van der Waals surface area (Å²) in [6.45, 7) is 0. The van der Waals surface area contributed by atoms with E-state index in [-0.39, 0.29) is 5.78 Å². The molecule has 0 saturated heterocycles. The largest absolute Gasteiger partial charge is 0.497 e. The number of rotatable bonds is 5. The van der Waals surface area contributed by atoms with Crippen LogP contribution >= 0.6 is 11.3 Å². The van der Waals surface area contributed by atoms with Gasteiger partial charge in [0.2, 0.25) is 0 Å². The van der Waals surface area contributed by atoms with Gasteiger partial charge in [-0.1, -0.05) is 29.5 Å². The number of ketones is 1. The molecule has 0 amide bonds. The molecule has 1 heterocycles. The van der Waals surface area contributed by atoms with Crippen molar-refractivity contribution in [1.82, 2.24) is 0 Å². The van der Waals surface area contributed by atoms with E-state index in [4.69, 9.17) is 13.9 Å². The van der Waals surface area contributed by atoms with Gasteiger partial charge in [0.25, 0.3) is 0 Å². The number of carbonyl (C=O) groups excluding carboxylic acids is 1. The summed E-state index contributed by atoms with van der Waals surface area (Å²) in [5.41, 5.74) is 1.67. The first-order valence-corrected chi connectivity index (χ1v) is 7.90. The molecule has 0 aliphatic heterocycles. The second-order valence-electron chi connectivity index (χ2n) is 4.92. The molecule has 0 spiro atoms. The van der Waals surface area contributed by atoms with Gasteiger partial charge in [0, 0.05) is 6.07 Å². The van der Waals surface area contributed by atoms with E-state index in [0.717, 1.165) is 22.6 Å². The Hall–Kier alpha value is -2.86. The predicted octanol–water partition coefficient (Wildman–Crippen LogP) is 3.77. The summed E-state index contributed by atoms with van der Waals surface area (Å²) in [5.74, 6) is 0.902. The average Bonchev–Trinajstić information content (AvgIpc) is 2.97. The SMILES string of the molecule is COc1ccc(/C=C/C(=O)c2cc3sc(=O)oc3cc2OC)cc1. The third kappa shape index (κ3) is 3.23. The number of carbonyl (C=O) groups is 1. The molecule has 5 nitrogen and oxygen atoms in total. The molecule has 0 fully saturated rings. The normalized spacial score (nSPS) is 11.1. The van der Waals surface area contributed by atoms with Crippen molar-refractivity contribution in [3.05, 3.63) is 63.3 Å². The Morgan fingerprint density at radius 1 is 1.12 bits per heavy atom. The maximum Gasteiger partial charge on any atom is 0.396 e. The fourth-order valence-corrected chi connectivity index (χ4v) is 2.93. The molecule has 3 aromatic rings. The van der Waals surface area contributed by atoms with Crippen molar-refractivity contribution >= 4 is 33.5 Å². The Kier molecular flexibility index (Phi) is 4.48. The Labute approximate surface area is 141 Å². The minimum atomic E-state index is -0.412. The highest BCUT2D eigenvalue weighted by atomic mass is 32.1. The third-order valence-corrected chi connectivity index (χ3v) is 4.25. The molecule has 24 heavy (non-hydrogen) atoms. The van der Waals surface area contributed by atoms with Crippen molar-refractivity contribution in [3.8, 4) is 11.5 Å². The van der Waals surface area contributed by atoms with Crippen molar-refractivity contribution in [2.75, 3.05) is 14.2 Å². The van der Waals surface area contributed by atoms with Crippen molar-refractivity contribution in [2.24, 2.45) is 0 Å². The van der Waals surface area contributed by atoms with Gasteiger partial charge in [0.1, 0.15) is 11.5 Å². The van der Waals surface area contributed by atoms with E-state index >= 15 is 0 Å². The van der Waals surface area contributed by atoms with Gasteiger partial charge in [-0.25, -0.2) is 4.79 Å². The zero-order chi connectivity index (χ0) is 17.1. The summed E-state index contributed by atoms with van der Waals surface area (Å²) in [4.78, 5) is 23.4. The van der Waals surface area contributed by atoms with E-state index in [1.165, 1.54) is 13.2 Å². The maximum atomic E-state index is 12.5. The van der Waals surface area contributed by atoms with Crippen molar-refractivity contribution in [3.63, 3.8) is 0 Å². The molecule has 0 aliphatic rings. The Balaban J connectivity index is 1.91. The topological polar surface area (TPSA) is 65.7 Å². The summed E-state index contributed by atoms with van der Waals surface area (Å²) >= 11 is 0.953. The third-order valence-electron chi connectivity index (χ3n) is 3.46. The standard InChI is InChI=1S/C18H14O5S/c1-21-12-6-3-11(4-7-12)5-8-14(19)13-9-17-16(10-15(13)22-2)23-18(20)24-17/h3-10H,1-2H3/b8-5+. The molecular weight excluding hydrogens is 328 g/mol. The van der Waals surface area contributed by atoms with Gasteiger partial charge >= 0.3 is 4.94 Å². The molecule has 0 N–H and O–H groups in total. The molecule has 0 radical (unpaired) electrons. The number of fused-ring (bicyclic) bond motifs is 1. The average molecular weight is 342 g/mol. The summed E-state index contributed by atoms with van der Waals surface area (Å²) < 4.78 is 16.0. The second kappa shape index (κ2) is 6.72. The quantitative estimate of drug-likeness (QED) is 0.522. The smallest absolute Gasteiger partial charge is 0.396 e. The van der Waals surface area contributed by atoms with E-state index in [1.807, 2.05) is 24.3 Å². The number of allylic oxidation sites excluding steroid dienone is 1. The fourth-order valence-electron chi connectivity index (χ4n) is 2.24. The molecule has 0 aliphatic carbocycles. The van der Waals surface area contributed by atoms with Gasteiger partial charge < -0.3 is 13.9 Å². The first-order chi connectivity index (χ1) is 11.6. The molecule has 0 unspecified atom stereocenters. The zero-order valence-corrected chi connectivity index (χ0v) is 13.9. The van der Waals surface area contributed by atoms with E-state index < -0.39 is 4.94 Å². The molecule has 2 aromatic carbocycles. The minimum Gasteiger partial charge on any atom is -0.497 e. The lowest BCUT2D eigenvalue weighted by atomic mass is 10.1. The number of ether oxygens (including phenoxy) is 2. The number of hydrogen-bond donors (Lipinski definition) is 0. The lowest BCUT2D eigenvalue weighted by Gasteiger charge is -2.05. The summed E-state index contributed by atoms with van der Waals surface area (Å²) in [7, 11) is 3.07. The first-order valence-electron chi connectivity index (χ1n) is 7.09. The summed E-state index contributed by atoms with van der Waals surface area (Å²) in [5, 5.41) is 0. The second-order valence-corrected chi connectivity index (χ2v) is 5.90. The molecule has 1 aromatic heterocycles. The van der Waals surface area contributed by atoms with Gasteiger partial charge in [-0.15, -0.1) is 0 Å². The summed E-state index contributed by atoms with van der Waals surface area (Å²) in [6, 6.07) is 10.5. The van der Waals surface area contributed by atoms with Crippen LogP contribution in [0, 0.1) is 0 Å². The molecule has 6 heteroatoms. The van der Waals surface area contributed by atoms with Crippen LogP contribution in [0.3, 0.4) is 0 Å². The monoisotopic (exact) mass is 342 g/mol. The highest BCUT2D eigenvalue weighted by Gasteiger charge is 2.14. The number of benzene rings is 2. The number of hydrogen-bond acceptors (Lipinski definition) is 6. The van der Waals surface area contributed by atoms with Crippen LogP contribution in [0.4, 0.5) is 0 Å². The molecule has 0 bridgehead atoms. The Morgan fingerprint density at radius 3 is 2.54 bits per heavy atom. The lowest BCUT2D eigenvalue weighted by molar-refractivity contribution is 0.104. The van der Waals surface area contributed by atoms with Crippen LogP contribution in [-0.2, 0) is 0 Å². The van der Waals surface area contributed by atoms with E-state index in [2.05, 4.69) is 0 Å². The molecule has 3 rings (SSSR count). The van der Waals surface area contributed by atoms with Crippen LogP contribution in [-0.4, -0.2) is 20.0 Å². The van der Waals surface area contributed by atoms with E-state index in [9.17, 15) is 9.59 Å². The fraction of sp³-hybridized carbons (Fsp3) is 0.111. The number of methoxy groups -OCH3 is 2. The highest BCUT2D eigenvalue weighted by Crippen LogP contribution is 2.28. The van der Waals surface area contributed by atoms with Crippen LogP contribution in [0.5, 0.6) is 11.5 Å². The maximum absolute atomic E-state index is 12.5. The highest BCUT2D eigenvalue weighted by molar-refractivity contribution is 7.16. The van der Waals surface area contributed by atoms with Crippen LogP contribution in [0.15, 0.2) is 51.7 Å². The minimum absolute atomic E-state index is 0.217. The molecule has 0 saturated carbocycles. The Bertz CT molecular complexity index is 963. The zero-order valence-electron chi connectivity index (χ0n) is 13.1. The molecular formula is C18H14O5S. The van der Waals surface area contributed by atoms with E-state index in [0.29, 0.717) is 21.6 Å². The van der Waals surface area contributed by atoms with Crippen molar-refractivity contribution in [1.29, 1.82) is 0 Å². The first kappa shape index (κ1) is 16.0. The predicted molar refractivity (Wildman–Crippen MR) is 93.3 cm³/mol. The van der Waals surface area contributed by atoms with Crippen LogP contribution in [0.2, 0.25) is 0 Å². The van der Waals surface area contributed by atoms with Crippen LogP contribution < -0.4 is 14.4 Å². The van der Waals surface area contributed by atoms with Gasteiger partial charge in [-0.05, 0) is 29.8 Å². The van der Waals surface area contributed by atoms with Crippen molar-refractivity contribution in [2.45, 2.75) is 0 Å². The lowest BCUT2D eigenvalue weighted by Crippen LogP contribution is -1.98. The molecule has 122 valence electrons. The van der Waals surface area contributed by atoms with Crippen LogP contribution in [0.1, 0.15) is 15.9 Å². The van der Waals surface area contributed by atoms with Crippen LogP contribution in [0.25, 0.3) is 16.4 Å². The molecule has 0 atom stereocenters. The Morgan fingerprint density at radius 2 is 1.88 bits per heavy atom. The van der Waals surface area contributed by atoms with E-state index in [1.54, 1.807) is 25.3 Å². The van der Waals surface area contributed by atoms with Gasteiger partial charge in [-0.3, -0.25) is 4.79 Å².